The van der Waals surface area contributed by atoms with Crippen molar-refractivity contribution in [2.45, 2.75) is 56.9 Å². The molecule has 0 aromatic carbocycles. The van der Waals surface area contributed by atoms with Crippen LogP contribution >= 0.6 is 11.3 Å². The van der Waals surface area contributed by atoms with Gasteiger partial charge < -0.3 is 15.5 Å². The van der Waals surface area contributed by atoms with Crippen LogP contribution in [0.2, 0.25) is 0 Å². The summed E-state index contributed by atoms with van der Waals surface area (Å²) in [6.07, 6.45) is 8.60. The van der Waals surface area contributed by atoms with Crippen LogP contribution in [0.1, 0.15) is 55.7 Å². The van der Waals surface area contributed by atoms with Gasteiger partial charge in [-0.25, -0.2) is 4.79 Å². The Bertz CT molecular complexity index is 463. The molecule has 1 aromatic heterocycles. The zero-order valence-corrected chi connectivity index (χ0v) is 14.7. The molecule has 1 saturated carbocycles. The van der Waals surface area contributed by atoms with Gasteiger partial charge in [-0.2, -0.15) is 0 Å². The predicted molar refractivity (Wildman–Crippen MR) is 96.1 cm³/mol. The van der Waals surface area contributed by atoms with Gasteiger partial charge in [0.05, 0.1) is 0 Å². The van der Waals surface area contributed by atoms with Gasteiger partial charge in [-0.05, 0) is 56.1 Å². The molecule has 1 aromatic rings. The Balaban J connectivity index is 1.28. The maximum atomic E-state index is 11.9. The second-order valence-electron chi connectivity index (χ2n) is 6.87. The van der Waals surface area contributed by atoms with Gasteiger partial charge in [0, 0.05) is 24.0 Å². The van der Waals surface area contributed by atoms with Gasteiger partial charge in [0.2, 0.25) is 0 Å². The Kier molecular flexibility index (Phi) is 6.34. The average molecular weight is 336 g/mol. The molecule has 2 N–H and O–H groups in total. The SMILES string of the molecule is O=C(NCCN1CCC(c2cccs2)CC1)NC1CCCCC1. The van der Waals surface area contributed by atoms with Gasteiger partial charge in [0.15, 0.2) is 0 Å². The number of nitrogens with one attached hydrogen (secondary N) is 2. The second-order valence-corrected chi connectivity index (χ2v) is 7.85. The van der Waals surface area contributed by atoms with Crippen LogP contribution in [0.4, 0.5) is 4.79 Å². The van der Waals surface area contributed by atoms with Crippen LogP contribution in [0, 0.1) is 0 Å². The van der Waals surface area contributed by atoms with Crippen molar-refractivity contribution in [2.24, 2.45) is 0 Å². The molecular weight excluding hydrogens is 306 g/mol. The number of amides is 2. The van der Waals surface area contributed by atoms with E-state index in [1.807, 2.05) is 11.3 Å². The van der Waals surface area contributed by atoms with Gasteiger partial charge in [-0.15, -0.1) is 11.3 Å². The van der Waals surface area contributed by atoms with E-state index in [1.165, 1.54) is 37.0 Å². The van der Waals surface area contributed by atoms with Crippen molar-refractivity contribution in [1.82, 2.24) is 15.5 Å². The zero-order valence-electron chi connectivity index (χ0n) is 13.9. The van der Waals surface area contributed by atoms with E-state index in [9.17, 15) is 4.79 Å². The fraction of sp³-hybridized carbons (Fsp3) is 0.722. The number of urea groups is 1. The molecule has 2 heterocycles. The Labute approximate surface area is 143 Å². The highest BCUT2D eigenvalue weighted by atomic mass is 32.1. The Morgan fingerprint density at radius 3 is 2.65 bits per heavy atom. The number of likely N-dealkylation sites (tertiary alicyclic amines) is 1. The third-order valence-electron chi connectivity index (χ3n) is 5.19. The number of piperidine rings is 1. The minimum absolute atomic E-state index is 0.0189. The summed E-state index contributed by atoms with van der Waals surface area (Å²) in [7, 11) is 0. The van der Waals surface area contributed by atoms with Crippen molar-refractivity contribution in [3.63, 3.8) is 0 Å². The molecule has 23 heavy (non-hydrogen) atoms. The van der Waals surface area contributed by atoms with Gasteiger partial charge >= 0.3 is 6.03 Å². The van der Waals surface area contributed by atoms with Crippen molar-refractivity contribution in [1.29, 1.82) is 0 Å². The summed E-state index contributed by atoms with van der Waals surface area (Å²) in [4.78, 5) is 15.9. The number of carbonyl (C=O) groups excluding carboxylic acids is 1. The van der Waals surface area contributed by atoms with E-state index in [0.717, 1.165) is 44.9 Å². The first kappa shape index (κ1) is 16.8. The summed E-state index contributed by atoms with van der Waals surface area (Å²) in [5.74, 6) is 0.744. The first-order valence-electron chi connectivity index (χ1n) is 9.11. The average Bonchev–Trinajstić information content (AvgIpc) is 3.11. The number of rotatable bonds is 5. The first-order chi connectivity index (χ1) is 11.3. The van der Waals surface area contributed by atoms with E-state index in [-0.39, 0.29) is 6.03 Å². The van der Waals surface area contributed by atoms with E-state index in [1.54, 1.807) is 0 Å². The van der Waals surface area contributed by atoms with E-state index in [4.69, 9.17) is 0 Å². The minimum atomic E-state index is 0.0189. The largest absolute Gasteiger partial charge is 0.337 e. The Morgan fingerprint density at radius 1 is 1.17 bits per heavy atom. The highest BCUT2D eigenvalue weighted by Crippen LogP contribution is 2.30. The third kappa shape index (κ3) is 5.21. The number of hydrogen-bond donors (Lipinski definition) is 2. The van der Waals surface area contributed by atoms with E-state index in [2.05, 4.69) is 33.0 Å². The predicted octanol–water partition coefficient (Wildman–Crippen LogP) is 3.56. The van der Waals surface area contributed by atoms with Crippen molar-refractivity contribution in [3.8, 4) is 0 Å². The van der Waals surface area contributed by atoms with Gasteiger partial charge in [0.25, 0.3) is 0 Å². The molecule has 128 valence electrons. The lowest BCUT2D eigenvalue weighted by atomic mass is 9.95. The summed E-state index contributed by atoms with van der Waals surface area (Å²) < 4.78 is 0. The molecular formula is C18H29N3OS. The van der Waals surface area contributed by atoms with Crippen molar-refractivity contribution < 1.29 is 4.79 Å². The lowest BCUT2D eigenvalue weighted by Crippen LogP contribution is -2.46. The van der Waals surface area contributed by atoms with Crippen LogP contribution < -0.4 is 10.6 Å². The van der Waals surface area contributed by atoms with Gasteiger partial charge in [-0.1, -0.05) is 25.3 Å². The fourth-order valence-corrected chi connectivity index (χ4v) is 4.68. The maximum Gasteiger partial charge on any atom is 0.315 e. The highest BCUT2D eigenvalue weighted by Gasteiger charge is 2.21. The molecule has 1 aliphatic carbocycles. The quantitative estimate of drug-likeness (QED) is 0.864. The van der Waals surface area contributed by atoms with E-state index < -0.39 is 0 Å². The minimum Gasteiger partial charge on any atom is -0.337 e. The van der Waals surface area contributed by atoms with Crippen molar-refractivity contribution >= 4 is 17.4 Å². The number of nitrogens with zero attached hydrogens (tertiary/aromatic N) is 1. The number of thiophene rings is 1. The first-order valence-corrected chi connectivity index (χ1v) is 9.99. The summed E-state index contributed by atoms with van der Waals surface area (Å²) in [5, 5.41) is 8.32. The summed E-state index contributed by atoms with van der Waals surface area (Å²) in [5.41, 5.74) is 0. The van der Waals surface area contributed by atoms with E-state index >= 15 is 0 Å². The van der Waals surface area contributed by atoms with Crippen LogP contribution in [0.25, 0.3) is 0 Å². The van der Waals surface area contributed by atoms with Crippen LogP contribution in [0.5, 0.6) is 0 Å². The molecule has 2 amide bonds. The molecule has 0 atom stereocenters. The molecule has 0 bridgehead atoms. The number of hydrogen-bond acceptors (Lipinski definition) is 3. The Hall–Kier alpha value is -1.07. The maximum absolute atomic E-state index is 11.9. The van der Waals surface area contributed by atoms with E-state index in [0.29, 0.717) is 6.04 Å². The molecule has 0 spiro atoms. The molecule has 2 fully saturated rings. The third-order valence-corrected chi connectivity index (χ3v) is 6.22. The van der Waals surface area contributed by atoms with Crippen molar-refractivity contribution in [2.75, 3.05) is 26.2 Å². The standard InChI is InChI=1S/C18H29N3OS/c22-18(20-16-5-2-1-3-6-16)19-10-13-21-11-8-15(9-12-21)17-7-4-14-23-17/h4,7,14-16H,1-3,5-6,8-13H2,(H2,19,20,22). The topological polar surface area (TPSA) is 44.4 Å². The number of carbonyl (C=O) groups is 1. The summed E-state index contributed by atoms with van der Waals surface area (Å²) >= 11 is 1.89. The molecule has 3 rings (SSSR count). The second kappa shape index (κ2) is 8.69. The Morgan fingerprint density at radius 2 is 1.96 bits per heavy atom. The lowest BCUT2D eigenvalue weighted by molar-refractivity contribution is 0.207. The van der Waals surface area contributed by atoms with Crippen LogP contribution in [-0.4, -0.2) is 43.2 Å². The zero-order chi connectivity index (χ0) is 15.9. The molecule has 2 aliphatic rings. The molecule has 0 radical (unpaired) electrons. The monoisotopic (exact) mass is 335 g/mol. The molecule has 4 nitrogen and oxygen atoms in total. The van der Waals surface area contributed by atoms with Crippen LogP contribution in [-0.2, 0) is 0 Å². The van der Waals surface area contributed by atoms with Gasteiger partial charge in [0.1, 0.15) is 0 Å². The molecule has 1 aliphatic heterocycles. The molecule has 5 heteroatoms. The van der Waals surface area contributed by atoms with Crippen LogP contribution in [0.15, 0.2) is 17.5 Å². The van der Waals surface area contributed by atoms with Crippen LogP contribution in [0.3, 0.4) is 0 Å². The summed E-state index contributed by atoms with van der Waals surface area (Å²) in [6, 6.07) is 4.83. The van der Waals surface area contributed by atoms with Crippen molar-refractivity contribution in [3.05, 3.63) is 22.4 Å². The molecule has 0 unspecified atom stereocenters. The molecule has 1 saturated heterocycles. The highest BCUT2D eigenvalue weighted by molar-refractivity contribution is 7.10. The van der Waals surface area contributed by atoms with Gasteiger partial charge in [-0.3, -0.25) is 0 Å². The smallest absolute Gasteiger partial charge is 0.315 e. The fourth-order valence-electron chi connectivity index (χ4n) is 3.78. The normalized spacial score (nSPS) is 21.2. The lowest BCUT2D eigenvalue weighted by Gasteiger charge is -2.31. The summed E-state index contributed by atoms with van der Waals surface area (Å²) in [6.45, 7) is 4.01.